The summed E-state index contributed by atoms with van der Waals surface area (Å²) < 4.78 is 11.8. The molecule has 1 unspecified atom stereocenters. The van der Waals surface area contributed by atoms with Gasteiger partial charge in [-0.2, -0.15) is 0 Å². The normalized spacial score (nSPS) is 12.0. The lowest BCUT2D eigenvalue weighted by Crippen LogP contribution is -1.99. The summed E-state index contributed by atoms with van der Waals surface area (Å²) in [6.07, 6.45) is 0.878. The number of hydrogen-bond donors (Lipinski definition) is 0. The van der Waals surface area contributed by atoms with Gasteiger partial charge in [0, 0.05) is 14.9 Å². The highest BCUT2D eigenvalue weighted by Crippen LogP contribution is 2.36. The molecule has 0 heterocycles. The van der Waals surface area contributed by atoms with Crippen molar-refractivity contribution in [1.82, 2.24) is 0 Å². The molecule has 0 N–H and O–H groups in total. The molecule has 2 aromatic carbocycles. The van der Waals surface area contributed by atoms with Crippen molar-refractivity contribution in [3.63, 3.8) is 0 Å². The first-order valence-corrected chi connectivity index (χ1v) is 7.95. The summed E-state index contributed by atoms with van der Waals surface area (Å²) in [4.78, 5) is 0.168. The summed E-state index contributed by atoms with van der Waals surface area (Å²) in [6, 6.07) is 14.2. The number of benzene rings is 2. The van der Waals surface area contributed by atoms with Crippen LogP contribution >= 0.6 is 31.9 Å². The van der Waals surface area contributed by atoms with Gasteiger partial charge < -0.3 is 9.47 Å². The van der Waals surface area contributed by atoms with Crippen LogP contribution in [0.5, 0.6) is 11.5 Å². The van der Waals surface area contributed by atoms with Crippen LogP contribution in [-0.4, -0.2) is 14.2 Å². The molecule has 0 spiro atoms. The van der Waals surface area contributed by atoms with Crippen LogP contribution in [0.25, 0.3) is 0 Å². The predicted molar refractivity (Wildman–Crippen MR) is 89.1 cm³/mol. The van der Waals surface area contributed by atoms with Gasteiger partial charge in [0.25, 0.3) is 0 Å². The summed E-state index contributed by atoms with van der Waals surface area (Å²) in [5.74, 6) is 1.70. The average Bonchev–Trinajstić information content (AvgIpc) is 2.46. The Morgan fingerprint density at radius 3 is 2.50 bits per heavy atom. The van der Waals surface area contributed by atoms with Crippen molar-refractivity contribution >= 4 is 31.9 Å². The summed E-state index contributed by atoms with van der Waals surface area (Å²) >= 11 is 7.25. The molecule has 0 bridgehead atoms. The predicted octanol–water partition coefficient (Wildman–Crippen LogP) is 5.15. The molecule has 0 saturated heterocycles. The third-order valence-corrected chi connectivity index (χ3v) is 4.39. The number of rotatable bonds is 5. The van der Waals surface area contributed by atoms with E-state index in [4.69, 9.17) is 9.47 Å². The minimum absolute atomic E-state index is 0.168. The molecule has 2 aromatic rings. The topological polar surface area (TPSA) is 18.5 Å². The maximum Gasteiger partial charge on any atom is 0.123 e. The summed E-state index contributed by atoms with van der Waals surface area (Å²) in [7, 11) is 3.35. The first-order valence-electron chi connectivity index (χ1n) is 6.24. The Balaban J connectivity index is 2.25. The van der Waals surface area contributed by atoms with Gasteiger partial charge in [-0.3, -0.25) is 0 Å². The van der Waals surface area contributed by atoms with Crippen LogP contribution in [0, 0.1) is 0 Å². The smallest absolute Gasteiger partial charge is 0.123 e. The van der Waals surface area contributed by atoms with Crippen LogP contribution in [0.1, 0.15) is 16.0 Å². The van der Waals surface area contributed by atoms with Gasteiger partial charge in [-0.15, -0.1) is 0 Å². The first kappa shape index (κ1) is 15.4. The van der Waals surface area contributed by atoms with Gasteiger partial charge in [0.2, 0.25) is 0 Å². The largest absolute Gasteiger partial charge is 0.497 e. The van der Waals surface area contributed by atoms with Crippen molar-refractivity contribution < 1.29 is 9.47 Å². The fourth-order valence-electron chi connectivity index (χ4n) is 2.07. The zero-order valence-electron chi connectivity index (χ0n) is 11.4. The lowest BCUT2D eigenvalue weighted by Gasteiger charge is -2.16. The SMILES string of the molecule is COc1ccc(OC)c(C(Br)Cc2cccc(Br)c2)c1. The Hall–Kier alpha value is -1.00. The Kier molecular flexibility index (Phi) is 5.49. The van der Waals surface area contributed by atoms with Crippen LogP contribution in [0.3, 0.4) is 0 Å². The number of alkyl halides is 1. The minimum atomic E-state index is 0.168. The van der Waals surface area contributed by atoms with Gasteiger partial charge in [-0.05, 0) is 42.3 Å². The van der Waals surface area contributed by atoms with E-state index in [0.717, 1.165) is 28.0 Å². The highest BCUT2D eigenvalue weighted by molar-refractivity contribution is 9.10. The zero-order chi connectivity index (χ0) is 14.5. The number of hydrogen-bond acceptors (Lipinski definition) is 2. The molecule has 4 heteroatoms. The van der Waals surface area contributed by atoms with Crippen LogP contribution in [-0.2, 0) is 6.42 Å². The molecule has 1 atom stereocenters. The van der Waals surface area contributed by atoms with Crippen LogP contribution in [0.4, 0.5) is 0 Å². The monoisotopic (exact) mass is 398 g/mol. The molecule has 0 amide bonds. The van der Waals surface area contributed by atoms with E-state index >= 15 is 0 Å². The Labute approximate surface area is 136 Å². The molecule has 0 aliphatic rings. The zero-order valence-corrected chi connectivity index (χ0v) is 14.6. The first-order chi connectivity index (χ1) is 9.63. The third-order valence-electron chi connectivity index (χ3n) is 3.08. The Bertz CT molecular complexity index is 584. The van der Waals surface area contributed by atoms with Crippen molar-refractivity contribution in [2.75, 3.05) is 14.2 Å². The maximum atomic E-state index is 5.43. The summed E-state index contributed by atoms with van der Waals surface area (Å²) in [6.45, 7) is 0. The number of methoxy groups -OCH3 is 2. The minimum Gasteiger partial charge on any atom is -0.497 e. The fraction of sp³-hybridized carbons (Fsp3) is 0.250. The average molecular weight is 400 g/mol. The van der Waals surface area contributed by atoms with E-state index in [2.05, 4.69) is 44.0 Å². The third kappa shape index (κ3) is 3.76. The van der Waals surface area contributed by atoms with Crippen molar-refractivity contribution in [2.45, 2.75) is 11.2 Å². The second-order valence-electron chi connectivity index (χ2n) is 4.41. The lowest BCUT2D eigenvalue weighted by atomic mass is 10.0. The highest BCUT2D eigenvalue weighted by Gasteiger charge is 2.15. The van der Waals surface area contributed by atoms with E-state index < -0.39 is 0 Å². The number of ether oxygens (including phenoxy) is 2. The van der Waals surface area contributed by atoms with E-state index in [1.165, 1.54) is 5.56 Å². The van der Waals surface area contributed by atoms with Crippen LogP contribution in [0.2, 0.25) is 0 Å². The van der Waals surface area contributed by atoms with Gasteiger partial charge in [0.15, 0.2) is 0 Å². The quantitative estimate of drug-likeness (QED) is 0.647. The summed E-state index contributed by atoms with van der Waals surface area (Å²) in [5.41, 5.74) is 2.35. The molecular formula is C16H16Br2O2. The van der Waals surface area contributed by atoms with E-state index in [9.17, 15) is 0 Å². The molecule has 106 valence electrons. The molecule has 0 aliphatic heterocycles. The second-order valence-corrected chi connectivity index (χ2v) is 6.43. The molecule has 0 fully saturated rings. The molecule has 20 heavy (non-hydrogen) atoms. The second kappa shape index (κ2) is 7.14. The Morgan fingerprint density at radius 1 is 1.05 bits per heavy atom. The standard InChI is InChI=1S/C16H16Br2O2/c1-19-13-6-7-16(20-2)14(10-13)15(18)9-11-4-3-5-12(17)8-11/h3-8,10,15H,9H2,1-2H3. The molecule has 0 aliphatic carbocycles. The Morgan fingerprint density at radius 2 is 1.85 bits per heavy atom. The number of halogens is 2. The van der Waals surface area contributed by atoms with Crippen LogP contribution in [0.15, 0.2) is 46.9 Å². The molecule has 0 radical (unpaired) electrons. The fourth-order valence-corrected chi connectivity index (χ4v) is 3.24. The van der Waals surface area contributed by atoms with Gasteiger partial charge >= 0.3 is 0 Å². The van der Waals surface area contributed by atoms with Crippen molar-refractivity contribution in [3.8, 4) is 11.5 Å². The molecular weight excluding hydrogens is 384 g/mol. The van der Waals surface area contributed by atoms with Gasteiger partial charge in [0.1, 0.15) is 11.5 Å². The van der Waals surface area contributed by atoms with Gasteiger partial charge in [-0.1, -0.05) is 44.0 Å². The van der Waals surface area contributed by atoms with Crippen LogP contribution < -0.4 is 9.47 Å². The van der Waals surface area contributed by atoms with Crippen molar-refractivity contribution in [1.29, 1.82) is 0 Å². The van der Waals surface area contributed by atoms with E-state index in [1.807, 2.05) is 30.3 Å². The molecule has 0 saturated carbocycles. The van der Waals surface area contributed by atoms with Gasteiger partial charge in [0.05, 0.1) is 14.2 Å². The van der Waals surface area contributed by atoms with Crippen molar-refractivity contribution in [2.24, 2.45) is 0 Å². The van der Waals surface area contributed by atoms with Crippen molar-refractivity contribution in [3.05, 3.63) is 58.1 Å². The molecule has 2 nitrogen and oxygen atoms in total. The van der Waals surface area contributed by atoms with E-state index in [0.29, 0.717) is 0 Å². The summed E-state index contributed by atoms with van der Waals surface area (Å²) in [5, 5.41) is 0. The maximum absolute atomic E-state index is 5.43. The van der Waals surface area contributed by atoms with E-state index in [1.54, 1.807) is 14.2 Å². The molecule has 0 aromatic heterocycles. The highest BCUT2D eigenvalue weighted by atomic mass is 79.9. The van der Waals surface area contributed by atoms with Gasteiger partial charge in [-0.25, -0.2) is 0 Å². The molecule has 2 rings (SSSR count). The lowest BCUT2D eigenvalue weighted by molar-refractivity contribution is 0.398. The van der Waals surface area contributed by atoms with E-state index in [-0.39, 0.29) is 4.83 Å².